The zero-order valence-corrected chi connectivity index (χ0v) is 8.29. The maximum Gasteiger partial charge on any atom is 0.272 e. The molecule has 15 heavy (non-hydrogen) atoms. The number of halogens is 3. The number of imidazole rings is 1. The highest BCUT2D eigenvalue weighted by atomic mass is 35.5. The zero-order valence-electron chi connectivity index (χ0n) is 7.53. The van der Waals surface area contributed by atoms with E-state index in [1.54, 1.807) is 23.0 Å². The van der Waals surface area contributed by atoms with Gasteiger partial charge in [0.15, 0.2) is 0 Å². The number of alkyl halides is 2. The molecule has 80 valence electrons. The molecule has 2 heterocycles. The summed E-state index contributed by atoms with van der Waals surface area (Å²) in [5.74, 6) is 0.218. The number of ether oxygens (including phenoxy) is 1. The summed E-state index contributed by atoms with van der Waals surface area (Å²) in [5.41, 5.74) is 0.601. The smallest absolute Gasteiger partial charge is 0.272 e. The molecule has 0 atom stereocenters. The monoisotopic (exact) mass is 232 g/mol. The fourth-order valence-corrected chi connectivity index (χ4v) is 1.40. The van der Waals surface area contributed by atoms with E-state index in [0.717, 1.165) is 0 Å². The highest BCUT2D eigenvalue weighted by molar-refractivity contribution is 6.32. The molecule has 2 aromatic heterocycles. The molecule has 0 aliphatic carbocycles. The lowest BCUT2D eigenvalue weighted by Gasteiger charge is -2.07. The molecule has 0 unspecified atom stereocenters. The van der Waals surface area contributed by atoms with Crippen molar-refractivity contribution in [3.8, 4) is 5.75 Å². The van der Waals surface area contributed by atoms with Gasteiger partial charge in [0.05, 0.1) is 5.02 Å². The molecule has 2 aromatic rings. The molecule has 2 rings (SSSR count). The summed E-state index contributed by atoms with van der Waals surface area (Å²) in [6.45, 7) is -0.670. The Kier molecular flexibility index (Phi) is 2.73. The van der Waals surface area contributed by atoms with Gasteiger partial charge in [0.1, 0.15) is 18.0 Å². The van der Waals surface area contributed by atoms with E-state index in [0.29, 0.717) is 5.65 Å². The number of nitrogens with zero attached hydrogens (tertiary/aromatic N) is 2. The first-order valence-corrected chi connectivity index (χ1v) is 4.58. The molecule has 0 saturated heterocycles. The van der Waals surface area contributed by atoms with Gasteiger partial charge in [0, 0.05) is 24.7 Å². The van der Waals surface area contributed by atoms with E-state index in [-0.39, 0.29) is 10.8 Å². The summed E-state index contributed by atoms with van der Waals surface area (Å²) < 4.78 is 30.4. The third-order valence-corrected chi connectivity index (χ3v) is 2.10. The lowest BCUT2D eigenvalue weighted by atomic mass is 10.4. The topological polar surface area (TPSA) is 26.5 Å². The SMILES string of the molecule is FC(F)COc1cc2nccn2cc1Cl. The van der Waals surface area contributed by atoms with Crippen molar-refractivity contribution in [1.82, 2.24) is 9.38 Å². The van der Waals surface area contributed by atoms with Gasteiger partial charge >= 0.3 is 0 Å². The first-order chi connectivity index (χ1) is 7.16. The molecule has 0 bridgehead atoms. The minimum Gasteiger partial charge on any atom is -0.486 e. The zero-order chi connectivity index (χ0) is 10.8. The Morgan fingerprint density at radius 3 is 3.07 bits per heavy atom. The minimum absolute atomic E-state index is 0.218. The lowest BCUT2D eigenvalue weighted by molar-refractivity contribution is 0.0819. The Bertz CT molecular complexity index is 472. The molecule has 0 radical (unpaired) electrons. The number of pyridine rings is 1. The first-order valence-electron chi connectivity index (χ1n) is 4.20. The van der Waals surface area contributed by atoms with Crippen molar-refractivity contribution >= 4 is 17.2 Å². The molecule has 3 nitrogen and oxygen atoms in total. The Morgan fingerprint density at radius 1 is 1.53 bits per heavy atom. The van der Waals surface area contributed by atoms with Crippen LogP contribution in [0.25, 0.3) is 5.65 Å². The summed E-state index contributed by atoms with van der Waals surface area (Å²) in [6.07, 6.45) is 2.34. The van der Waals surface area contributed by atoms with E-state index < -0.39 is 13.0 Å². The summed E-state index contributed by atoms with van der Waals surface area (Å²) in [7, 11) is 0. The van der Waals surface area contributed by atoms with Crippen molar-refractivity contribution < 1.29 is 13.5 Å². The van der Waals surface area contributed by atoms with Gasteiger partial charge in [0.2, 0.25) is 0 Å². The summed E-state index contributed by atoms with van der Waals surface area (Å²) in [4.78, 5) is 3.98. The first kappa shape index (κ1) is 10.2. The van der Waals surface area contributed by atoms with Crippen molar-refractivity contribution in [1.29, 1.82) is 0 Å². The quantitative estimate of drug-likeness (QED) is 0.813. The van der Waals surface area contributed by atoms with Gasteiger partial charge in [-0.2, -0.15) is 0 Å². The maximum absolute atomic E-state index is 11.9. The van der Waals surface area contributed by atoms with Crippen LogP contribution in [0, 0.1) is 0 Å². The van der Waals surface area contributed by atoms with Gasteiger partial charge in [-0.25, -0.2) is 13.8 Å². The predicted octanol–water partition coefficient (Wildman–Crippen LogP) is 2.63. The molecule has 0 aromatic carbocycles. The number of aromatic nitrogens is 2. The van der Waals surface area contributed by atoms with Crippen LogP contribution in [-0.4, -0.2) is 22.4 Å². The van der Waals surface area contributed by atoms with Crippen LogP contribution in [0.4, 0.5) is 8.78 Å². The third-order valence-electron chi connectivity index (χ3n) is 1.81. The molecule has 0 spiro atoms. The molecule has 0 fully saturated rings. The van der Waals surface area contributed by atoms with E-state index in [1.165, 1.54) is 6.07 Å². The number of hydrogen-bond donors (Lipinski definition) is 0. The molecule has 0 aliphatic heterocycles. The molecular weight excluding hydrogens is 226 g/mol. The van der Waals surface area contributed by atoms with Crippen molar-refractivity contribution in [2.45, 2.75) is 6.43 Å². The van der Waals surface area contributed by atoms with Crippen molar-refractivity contribution in [2.75, 3.05) is 6.61 Å². The average Bonchev–Trinajstić information content (AvgIpc) is 2.60. The Balaban J connectivity index is 2.29. The normalized spacial score (nSPS) is 11.2. The second kappa shape index (κ2) is 4.02. The highest BCUT2D eigenvalue weighted by Crippen LogP contribution is 2.25. The van der Waals surface area contributed by atoms with Gasteiger partial charge in [-0.05, 0) is 0 Å². The second-order valence-electron chi connectivity index (χ2n) is 2.88. The molecule has 6 heteroatoms. The molecular formula is C9H7ClF2N2O. The van der Waals surface area contributed by atoms with Crippen LogP contribution in [0.2, 0.25) is 5.02 Å². The summed E-state index contributed by atoms with van der Waals surface area (Å²) in [6, 6.07) is 1.52. The van der Waals surface area contributed by atoms with Crippen LogP contribution < -0.4 is 4.74 Å². The fourth-order valence-electron chi connectivity index (χ4n) is 1.18. The maximum atomic E-state index is 11.9. The largest absolute Gasteiger partial charge is 0.486 e. The number of fused-ring (bicyclic) bond motifs is 1. The standard InChI is InChI=1S/C9H7ClF2N2O/c10-6-4-14-2-1-13-9(14)3-7(6)15-5-8(11)12/h1-4,8H,5H2. The van der Waals surface area contributed by atoms with Crippen LogP contribution in [0.1, 0.15) is 0 Å². The Labute approximate surface area is 89.2 Å². The van der Waals surface area contributed by atoms with Gasteiger partial charge in [-0.15, -0.1) is 0 Å². The van der Waals surface area contributed by atoms with Crippen molar-refractivity contribution in [2.24, 2.45) is 0 Å². The number of hydrogen-bond acceptors (Lipinski definition) is 2. The number of rotatable bonds is 3. The molecule has 0 saturated carbocycles. The van der Waals surface area contributed by atoms with Crippen LogP contribution in [0.5, 0.6) is 5.75 Å². The van der Waals surface area contributed by atoms with E-state index in [1.807, 2.05) is 0 Å². The van der Waals surface area contributed by atoms with E-state index in [2.05, 4.69) is 4.98 Å². The fraction of sp³-hybridized carbons (Fsp3) is 0.222. The summed E-state index contributed by atoms with van der Waals surface area (Å²) in [5, 5.41) is 0.279. The van der Waals surface area contributed by atoms with E-state index >= 15 is 0 Å². The minimum atomic E-state index is -2.52. The van der Waals surface area contributed by atoms with Gasteiger partial charge < -0.3 is 9.14 Å². The van der Waals surface area contributed by atoms with Crippen LogP contribution in [0.3, 0.4) is 0 Å². The van der Waals surface area contributed by atoms with Gasteiger partial charge in [-0.3, -0.25) is 0 Å². The predicted molar refractivity (Wildman–Crippen MR) is 51.7 cm³/mol. The van der Waals surface area contributed by atoms with Crippen LogP contribution in [-0.2, 0) is 0 Å². The van der Waals surface area contributed by atoms with Gasteiger partial charge in [-0.1, -0.05) is 11.6 Å². The van der Waals surface area contributed by atoms with Gasteiger partial charge in [0.25, 0.3) is 6.43 Å². The summed E-state index contributed by atoms with van der Waals surface area (Å²) >= 11 is 5.83. The van der Waals surface area contributed by atoms with Crippen molar-refractivity contribution in [3.63, 3.8) is 0 Å². The molecule has 0 amide bonds. The van der Waals surface area contributed by atoms with Crippen LogP contribution >= 0.6 is 11.6 Å². The van der Waals surface area contributed by atoms with Crippen molar-refractivity contribution in [3.05, 3.63) is 29.7 Å². The molecule has 0 aliphatic rings. The third kappa shape index (κ3) is 2.18. The Hall–Kier alpha value is -1.36. The van der Waals surface area contributed by atoms with Crippen LogP contribution in [0.15, 0.2) is 24.7 Å². The average molecular weight is 233 g/mol. The molecule has 0 N–H and O–H groups in total. The lowest BCUT2D eigenvalue weighted by Crippen LogP contribution is -2.07. The van der Waals surface area contributed by atoms with E-state index in [9.17, 15) is 8.78 Å². The highest BCUT2D eigenvalue weighted by Gasteiger charge is 2.08. The second-order valence-corrected chi connectivity index (χ2v) is 3.29. The Morgan fingerprint density at radius 2 is 2.33 bits per heavy atom. The van der Waals surface area contributed by atoms with E-state index in [4.69, 9.17) is 16.3 Å².